The van der Waals surface area contributed by atoms with Crippen LogP contribution in [0.2, 0.25) is 0 Å². The van der Waals surface area contributed by atoms with Crippen LogP contribution in [0.4, 0.5) is 11.5 Å². The smallest absolute Gasteiger partial charge is 0.317 e. The van der Waals surface area contributed by atoms with E-state index in [1.54, 1.807) is 24.2 Å². The van der Waals surface area contributed by atoms with Gasteiger partial charge >= 0.3 is 5.97 Å². The van der Waals surface area contributed by atoms with Gasteiger partial charge in [0.2, 0.25) is 0 Å². The first kappa shape index (κ1) is 17.3. The number of hydrogen-bond acceptors (Lipinski definition) is 7. The predicted octanol–water partition coefficient (Wildman–Crippen LogP) is 2.32. The highest BCUT2D eigenvalue weighted by atomic mass is 32.2. The SMILES string of the molecule is O=C(O)CNC1CCN(Cc2ccc3c(c2)Nc2nccnc2S3)CC1. The zero-order valence-corrected chi connectivity index (χ0v) is 15.1. The van der Waals surface area contributed by atoms with Crippen LogP contribution in [-0.4, -0.2) is 51.6 Å². The maximum absolute atomic E-state index is 10.7. The van der Waals surface area contributed by atoms with Crippen LogP contribution < -0.4 is 10.6 Å². The Hall–Kier alpha value is -2.16. The molecule has 136 valence electrons. The second-order valence-corrected chi connectivity index (χ2v) is 7.62. The Labute approximate surface area is 156 Å². The molecule has 4 rings (SSSR count). The van der Waals surface area contributed by atoms with Crippen LogP contribution in [0.25, 0.3) is 0 Å². The molecule has 1 saturated heterocycles. The lowest BCUT2D eigenvalue weighted by molar-refractivity contribution is -0.136. The fourth-order valence-electron chi connectivity index (χ4n) is 3.36. The lowest BCUT2D eigenvalue weighted by Crippen LogP contribution is -2.43. The van der Waals surface area contributed by atoms with Gasteiger partial charge in [-0.05, 0) is 43.6 Å². The van der Waals surface area contributed by atoms with Gasteiger partial charge in [0, 0.05) is 29.9 Å². The summed E-state index contributed by atoms with van der Waals surface area (Å²) >= 11 is 1.64. The number of nitrogens with zero attached hydrogens (tertiary/aromatic N) is 3. The van der Waals surface area contributed by atoms with Gasteiger partial charge in [0.25, 0.3) is 0 Å². The molecular formula is C18H21N5O2S. The van der Waals surface area contributed by atoms with Gasteiger partial charge in [-0.2, -0.15) is 0 Å². The zero-order valence-electron chi connectivity index (χ0n) is 14.3. The number of carboxylic acids is 1. The molecule has 2 aromatic rings. The number of nitrogens with one attached hydrogen (secondary N) is 2. The summed E-state index contributed by atoms with van der Waals surface area (Å²) in [5, 5.41) is 16.1. The summed E-state index contributed by atoms with van der Waals surface area (Å²) in [5.74, 6) is 0.0191. The number of carbonyl (C=O) groups is 1. The van der Waals surface area contributed by atoms with Crippen LogP contribution in [0.5, 0.6) is 0 Å². The first-order valence-electron chi connectivity index (χ1n) is 8.74. The maximum Gasteiger partial charge on any atom is 0.317 e. The highest BCUT2D eigenvalue weighted by Crippen LogP contribution is 2.42. The molecule has 1 fully saturated rings. The Bertz CT molecular complexity index is 808. The Morgan fingerprint density at radius 1 is 1.31 bits per heavy atom. The third-order valence-corrected chi connectivity index (χ3v) is 5.77. The van der Waals surface area contributed by atoms with Gasteiger partial charge in [0.1, 0.15) is 5.03 Å². The van der Waals surface area contributed by atoms with E-state index in [1.807, 2.05) is 0 Å². The fourth-order valence-corrected chi connectivity index (χ4v) is 4.24. The van der Waals surface area contributed by atoms with E-state index in [4.69, 9.17) is 5.11 Å². The number of aliphatic carboxylic acids is 1. The normalized spacial score (nSPS) is 17.2. The molecule has 0 spiro atoms. The molecule has 0 bridgehead atoms. The summed E-state index contributed by atoms with van der Waals surface area (Å²) in [5.41, 5.74) is 2.35. The summed E-state index contributed by atoms with van der Waals surface area (Å²) in [7, 11) is 0. The molecule has 26 heavy (non-hydrogen) atoms. The van der Waals surface area contributed by atoms with Crippen molar-refractivity contribution in [1.29, 1.82) is 0 Å². The van der Waals surface area contributed by atoms with Gasteiger partial charge in [-0.1, -0.05) is 17.8 Å². The van der Waals surface area contributed by atoms with E-state index >= 15 is 0 Å². The van der Waals surface area contributed by atoms with Crippen LogP contribution >= 0.6 is 11.8 Å². The number of likely N-dealkylation sites (tertiary alicyclic amines) is 1. The number of aromatic nitrogens is 2. The van der Waals surface area contributed by atoms with Crippen molar-refractivity contribution in [2.75, 3.05) is 25.0 Å². The van der Waals surface area contributed by atoms with E-state index in [9.17, 15) is 4.79 Å². The van der Waals surface area contributed by atoms with E-state index in [0.717, 1.165) is 49.0 Å². The predicted molar refractivity (Wildman–Crippen MR) is 99.8 cm³/mol. The molecule has 3 N–H and O–H groups in total. The topological polar surface area (TPSA) is 90.4 Å². The Balaban J connectivity index is 1.35. The summed E-state index contributed by atoms with van der Waals surface area (Å²) in [6, 6.07) is 6.80. The van der Waals surface area contributed by atoms with Crippen molar-refractivity contribution in [3.63, 3.8) is 0 Å². The number of rotatable bonds is 5. The van der Waals surface area contributed by atoms with Gasteiger partial charge < -0.3 is 15.7 Å². The molecule has 2 aliphatic heterocycles. The largest absolute Gasteiger partial charge is 0.480 e. The second-order valence-electron chi connectivity index (χ2n) is 6.59. The number of anilines is 2. The lowest BCUT2D eigenvalue weighted by atomic mass is 10.0. The number of piperidine rings is 1. The molecule has 1 aromatic heterocycles. The standard InChI is InChI=1S/C18H21N5O2S/c24-16(25)10-21-13-3-7-23(8-4-13)11-12-1-2-15-14(9-12)22-17-18(26-15)20-6-5-19-17/h1-2,5-6,9,13,21H,3-4,7-8,10-11H2,(H,19,22)(H,24,25). The quantitative estimate of drug-likeness (QED) is 0.630. The average Bonchev–Trinajstić information content (AvgIpc) is 2.66. The monoisotopic (exact) mass is 371 g/mol. The zero-order chi connectivity index (χ0) is 17.9. The third kappa shape index (κ3) is 3.98. The molecule has 0 amide bonds. The fraction of sp³-hybridized carbons (Fsp3) is 0.389. The molecular weight excluding hydrogens is 350 g/mol. The first-order valence-corrected chi connectivity index (χ1v) is 9.55. The minimum Gasteiger partial charge on any atom is -0.480 e. The van der Waals surface area contributed by atoms with Crippen molar-refractivity contribution in [3.05, 3.63) is 36.2 Å². The highest BCUT2D eigenvalue weighted by molar-refractivity contribution is 7.99. The van der Waals surface area contributed by atoms with Gasteiger partial charge in [-0.3, -0.25) is 9.69 Å². The van der Waals surface area contributed by atoms with Crippen LogP contribution in [0.15, 0.2) is 40.5 Å². The Morgan fingerprint density at radius 2 is 2.12 bits per heavy atom. The van der Waals surface area contributed by atoms with E-state index in [-0.39, 0.29) is 6.54 Å². The molecule has 0 aliphatic carbocycles. The van der Waals surface area contributed by atoms with E-state index in [1.165, 1.54) is 10.5 Å². The van der Waals surface area contributed by atoms with E-state index in [0.29, 0.717) is 6.04 Å². The van der Waals surface area contributed by atoms with E-state index < -0.39 is 5.97 Å². The van der Waals surface area contributed by atoms with Crippen LogP contribution in [0.1, 0.15) is 18.4 Å². The minimum absolute atomic E-state index is 0.0448. The average molecular weight is 371 g/mol. The van der Waals surface area contributed by atoms with Crippen LogP contribution in [0.3, 0.4) is 0 Å². The molecule has 0 radical (unpaired) electrons. The first-order chi connectivity index (χ1) is 12.7. The summed E-state index contributed by atoms with van der Waals surface area (Å²) in [6.07, 6.45) is 5.37. The number of carboxylic acid groups (broad SMARTS) is 1. The van der Waals surface area contributed by atoms with Crippen molar-refractivity contribution in [3.8, 4) is 0 Å². The summed E-state index contributed by atoms with van der Waals surface area (Å²) in [4.78, 5) is 22.9. The summed E-state index contributed by atoms with van der Waals surface area (Å²) in [6.45, 7) is 2.90. The van der Waals surface area contributed by atoms with Gasteiger partial charge in [0.05, 0.1) is 12.2 Å². The molecule has 0 unspecified atom stereocenters. The second kappa shape index (κ2) is 7.61. The molecule has 7 nitrogen and oxygen atoms in total. The molecule has 3 heterocycles. The lowest BCUT2D eigenvalue weighted by Gasteiger charge is -2.32. The third-order valence-electron chi connectivity index (χ3n) is 4.70. The number of fused-ring (bicyclic) bond motifs is 2. The number of hydrogen-bond donors (Lipinski definition) is 3. The highest BCUT2D eigenvalue weighted by Gasteiger charge is 2.21. The summed E-state index contributed by atoms with van der Waals surface area (Å²) < 4.78 is 0. The number of benzene rings is 1. The minimum atomic E-state index is -0.793. The van der Waals surface area contributed by atoms with Crippen molar-refractivity contribution in [2.45, 2.75) is 35.3 Å². The van der Waals surface area contributed by atoms with Crippen molar-refractivity contribution >= 4 is 29.2 Å². The van der Waals surface area contributed by atoms with Crippen molar-refractivity contribution in [2.24, 2.45) is 0 Å². The molecule has 0 saturated carbocycles. The maximum atomic E-state index is 10.7. The van der Waals surface area contributed by atoms with Crippen molar-refractivity contribution < 1.29 is 9.90 Å². The molecule has 8 heteroatoms. The van der Waals surface area contributed by atoms with Crippen LogP contribution in [0, 0.1) is 0 Å². The Morgan fingerprint density at radius 3 is 2.92 bits per heavy atom. The van der Waals surface area contributed by atoms with Gasteiger partial charge in [0.15, 0.2) is 5.82 Å². The molecule has 2 aliphatic rings. The van der Waals surface area contributed by atoms with Gasteiger partial charge in [-0.15, -0.1) is 0 Å². The van der Waals surface area contributed by atoms with Gasteiger partial charge in [-0.25, -0.2) is 9.97 Å². The molecule has 0 atom stereocenters. The van der Waals surface area contributed by atoms with E-state index in [2.05, 4.69) is 43.7 Å². The Kier molecular flexibility index (Phi) is 5.05. The van der Waals surface area contributed by atoms with Crippen molar-refractivity contribution in [1.82, 2.24) is 20.2 Å². The van der Waals surface area contributed by atoms with Crippen LogP contribution in [-0.2, 0) is 11.3 Å². The molecule has 1 aromatic carbocycles.